The molecule has 1 N–H and O–H groups in total. The molecule has 0 aliphatic rings. The van der Waals surface area contributed by atoms with Crippen LogP contribution in [0.25, 0.3) is 0 Å². The summed E-state index contributed by atoms with van der Waals surface area (Å²) in [4.78, 5) is 17.8. The minimum Gasteiger partial charge on any atom is -0.483 e. The van der Waals surface area contributed by atoms with E-state index < -0.39 is 0 Å². The third-order valence-corrected chi connectivity index (χ3v) is 1.35. The predicted molar refractivity (Wildman–Crippen MR) is 62.1 cm³/mol. The van der Waals surface area contributed by atoms with E-state index in [1.165, 1.54) is 0 Å². The number of carbonyl (C=O) groups is 2. The van der Waals surface area contributed by atoms with Crippen LogP contribution in [0.1, 0.15) is 19.8 Å². The highest BCUT2D eigenvalue weighted by Gasteiger charge is 1.78. The Kier molecular flexibility index (Phi) is 19.5. The van der Waals surface area contributed by atoms with Crippen molar-refractivity contribution in [2.24, 2.45) is 0 Å². The van der Waals surface area contributed by atoms with Gasteiger partial charge < -0.3 is 9.84 Å². The van der Waals surface area contributed by atoms with Crippen LogP contribution in [-0.4, -0.2) is 24.7 Å². The predicted octanol–water partition coefficient (Wildman–Crippen LogP) is 2.35. The molecule has 0 aliphatic carbocycles. The highest BCUT2D eigenvalue weighted by molar-refractivity contribution is 5.36. The molecule has 0 amide bonds. The molecule has 4 nitrogen and oxygen atoms in total. The maximum atomic E-state index is 9.46. The summed E-state index contributed by atoms with van der Waals surface area (Å²) in [6.07, 6.45) is 2.05. The first kappa shape index (κ1) is 16.6. The van der Waals surface area contributed by atoms with E-state index in [0.29, 0.717) is 13.1 Å². The fourth-order valence-corrected chi connectivity index (χ4v) is 0.661. The summed E-state index contributed by atoms with van der Waals surface area (Å²) in [6, 6.07) is 12.0. The van der Waals surface area contributed by atoms with Gasteiger partial charge in [-0.2, -0.15) is 0 Å². The van der Waals surface area contributed by atoms with E-state index in [4.69, 9.17) is 9.90 Å². The average Bonchev–Trinajstić information content (AvgIpc) is 2.34. The van der Waals surface area contributed by atoms with Crippen LogP contribution in [0.2, 0.25) is 0 Å². The number of carbonyl (C=O) groups excluding carboxylic acids is 1. The van der Waals surface area contributed by atoms with Gasteiger partial charge in [-0.3, -0.25) is 9.59 Å². The van der Waals surface area contributed by atoms with E-state index in [9.17, 15) is 4.79 Å². The zero-order chi connectivity index (χ0) is 12.5. The normalized spacial score (nSPS) is 7.31. The maximum absolute atomic E-state index is 9.46. The van der Waals surface area contributed by atoms with Crippen molar-refractivity contribution in [2.75, 3.05) is 6.61 Å². The van der Waals surface area contributed by atoms with Crippen LogP contribution < -0.4 is 0 Å². The van der Waals surface area contributed by atoms with Gasteiger partial charge in [-0.05, 0) is 6.42 Å². The molecule has 0 heterocycles. The fourth-order valence-electron chi connectivity index (χ4n) is 0.661. The molecular formula is C12H18O4. The molecular weight excluding hydrogens is 208 g/mol. The number of hydrogen-bond acceptors (Lipinski definition) is 3. The van der Waals surface area contributed by atoms with Crippen molar-refractivity contribution in [1.29, 1.82) is 0 Å². The summed E-state index contributed by atoms with van der Waals surface area (Å²) in [5.74, 6) is 0. The van der Waals surface area contributed by atoms with Crippen molar-refractivity contribution in [2.45, 2.75) is 19.8 Å². The number of unbranched alkanes of at least 4 members (excludes halogenated alkanes) is 1. The quantitative estimate of drug-likeness (QED) is 0.632. The Bertz CT molecular complexity index is 197. The SMILES string of the molecule is CCCCOC=O.O=CO.c1ccccc1. The summed E-state index contributed by atoms with van der Waals surface area (Å²) in [5.41, 5.74) is 0. The standard InChI is InChI=1S/C6H6.C5H10O2.CH2O2/c1-2-4-6-5-3-1;1-2-3-4-7-5-6;2-1-3/h1-6H;5H,2-4H2,1H3;1H,(H,2,3). The number of carboxylic acid groups (broad SMARTS) is 1. The molecule has 0 saturated heterocycles. The highest BCUT2D eigenvalue weighted by Crippen LogP contribution is 1.83. The van der Waals surface area contributed by atoms with Gasteiger partial charge in [0.2, 0.25) is 0 Å². The summed E-state index contributed by atoms with van der Waals surface area (Å²) in [7, 11) is 0. The van der Waals surface area contributed by atoms with Crippen molar-refractivity contribution in [3.05, 3.63) is 36.4 Å². The summed E-state index contributed by atoms with van der Waals surface area (Å²) in [5, 5.41) is 6.89. The van der Waals surface area contributed by atoms with Gasteiger partial charge in [0.25, 0.3) is 12.9 Å². The molecule has 0 unspecified atom stereocenters. The fraction of sp³-hybridized carbons (Fsp3) is 0.333. The van der Waals surface area contributed by atoms with E-state index >= 15 is 0 Å². The van der Waals surface area contributed by atoms with Crippen LogP contribution in [-0.2, 0) is 14.3 Å². The molecule has 16 heavy (non-hydrogen) atoms. The molecule has 90 valence electrons. The van der Waals surface area contributed by atoms with E-state index in [-0.39, 0.29) is 6.47 Å². The van der Waals surface area contributed by atoms with Crippen molar-refractivity contribution < 1.29 is 19.4 Å². The molecule has 0 radical (unpaired) electrons. The first-order chi connectivity index (χ1) is 7.83. The second-order valence-electron chi connectivity index (χ2n) is 2.58. The molecule has 1 aromatic carbocycles. The van der Waals surface area contributed by atoms with Crippen molar-refractivity contribution >= 4 is 12.9 Å². The molecule has 0 aromatic heterocycles. The third kappa shape index (κ3) is 22.7. The topological polar surface area (TPSA) is 63.6 Å². The summed E-state index contributed by atoms with van der Waals surface area (Å²) in [6.45, 7) is 2.85. The van der Waals surface area contributed by atoms with Crippen molar-refractivity contribution in [3.8, 4) is 0 Å². The number of hydrogen-bond donors (Lipinski definition) is 1. The Morgan fingerprint density at radius 3 is 1.69 bits per heavy atom. The molecule has 0 aliphatic heterocycles. The maximum Gasteiger partial charge on any atom is 0.293 e. The minimum atomic E-state index is -0.250. The van der Waals surface area contributed by atoms with Crippen LogP contribution in [0, 0.1) is 0 Å². The van der Waals surface area contributed by atoms with E-state index in [1.807, 2.05) is 43.3 Å². The van der Waals surface area contributed by atoms with E-state index in [2.05, 4.69) is 4.74 Å². The lowest BCUT2D eigenvalue weighted by Crippen LogP contribution is -1.88. The smallest absolute Gasteiger partial charge is 0.293 e. The second kappa shape index (κ2) is 18.9. The number of ether oxygens (including phenoxy) is 1. The van der Waals surface area contributed by atoms with Gasteiger partial charge in [-0.1, -0.05) is 49.7 Å². The Morgan fingerprint density at radius 1 is 1.06 bits per heavy atom. The zero-order valence-electron chi connectivity index (χ0n) is 9.41. The van der Waals surface area contributed by atoms with Crippen LogP contribution in [0.15, 0.2) is 36.4 Å². The van der Waals surface area contributed by atoms with Gasteiger partial charge in [0, 0.05) is 0 Å². The lowest BCUT2D eigenvalue weighted by molar-refractivity contribution is -0.128. The Morgan fingerprint density at radius 2 is 1.44 bits per heavy atom. The Balaban J connectivity index is 0. The lowest BCUT2D eigenvalue weighted by Gasteiger charge is -1.90. The lowest BCUT2D eigenvalue weighted by atomic mass is 10.4. The van der Waals surface area contributed by atoms with Gasteiger partial charge in [0.15, 0.2) is 0 Å². The van der Waals surface area contributed by atoms with Crippen LogP contribution in [0.5, 0.6) is 0 Å². The Labute approximate surface area is 95.9 Å². The molecule has 0 bridgehead atoms. The molecule has 0 spiro atoms. The van der Waals surface area contributed by atoms with Crippen molar-refractivity contribution in [3.63, 3.8) is 0 Å². The molecule has 0 atom stereocenters. The molecule has 0 saturated carbocycles. The van der Waals surface area contributed by atoms with Crippen molar-refractivity contribution in [1.82, 2.24) is 0 Å². The zero-order valence-corrected chi connectivity index (χ0v) is 9.41. The van der Waals surface area contributed by atoms with Gasteiger partial charge in [-0.15, -0.1) is 0 Å². The molecule has 4 heteroatoms. The van der Waals surface area contributed by atoms with Crippen LogP contribution in [0.3, 0.4) is 0 Å². The monoisotopic (exact) mass is 226 g/mol. The first-order valence-corrected chi connectivity index (χ1v) is 4.96. The molecule has 1 aromatic rings. The summed E-state index contributed by atoms with van der Waals surface area (Å²) < 4.78 is 4.39. The van der Waals surface area contributed by atoms with E-state index in [1.54, 1.807) is 0 Å². The van der Waals surface area contributed by atoms with Gasteiger partial charge >= 0.3 is 0 Å². The average molecular weight is 226 g/mol. The van der Waals surface area contributed by atoms with Gasteiger partial charge in [0.05, 0.1) is 6.61 Å². The van der Waals surface area contributed by atoms with Crippen LogP contribution in [0.4, 0.5) is 0 Å². The van der Waals surface area contributed by atoms with E-state index in [0.717, 1.165) is 12.8 Å². The highest BCUT2D eigenvalue weighted by atomic mass is 16.5. The number of rotatable bonds is 4. The van der Waals surface area contributed by atoms with Gasteiger partial charge in [0.1, 0.15) is 0 Å². The second-order valence-corrected chi connectivity index (χ2v) is 2.58. The largest absolute Gasteiger partial charge is 0.483 e. The van der Waals surface area contributed by atoms with Crippen LogP contribution >= 0.6 is 0 Å². The minimum absolute atomic E-state index is 0.250. The summed E-state index contributed by atoms with van der Waals surface area (Å²) >= 11 is 0. The number of benzene rings is 1. The van der Waals surface area contributed by atoms with Gasteiger partial charge in [-0.25, -0.2) is 0 Å². The first-order valence-electron chi connectivity index (χ1n) is 4.96. The molecule has 1 rings (SSSR count). The Hall–Kier alpha value is -1.84. The third-order valence-electron chi connectivity index (χ3n) is 1.35. The molecule has 0 fully saturated rings.